The van der Waals surface area contributed by atoms with Crippen LogP contribution in [-0.2, 0) is 16.6 Å². The number of sulfonamides is 1. The highest BCUT2D eigenvalue weighted by atomic mass is 32.2. The van der Waals surface area contributed by atoms with Gasteiger partial charge < -0.3 is 5.32 Å². The van der Waals surface area contributed by atoms with E-state index >= 15 is 0 Å². The van der Waals surface area contributed by atoms with Gasteiger partial charge in [0.25, 0.3) is 5.91 Å². The molecule has 0 aliphatic carbocycles. The number of hydrogen-bond donors (Lipinski definition) is 1. The Balaban J connectivity index is 1.78. The van der Waals surface area contributed by atoms with E-state index in [0.717, 1.165) is 11.1 Å². The Kier molecular flexibility index (Phi) is 6.70. The predicted molar refractivity (Wildman–Crippen MR) is 120 cm³/mol. The van der Waals surface area contributed by atoms with Crippen LogP contribution in [0, 0.1) is 6.92 Å². The third-order valence-electron chi connectivity index (χ3n) is 4.79. The van der Waals surface area contributed by atoms with E-state index in [1.807, 2.05) is 75.4 Å². The first-order valence-corrected chi connectivity index (χ1v) is 11.3. The van der Waals surface area contributed by atoms with E-state index in [2.05, 4.69) is 5.32 Å². The number of carbonyl (C=O) groups is 1. The van der Waals surface area contributed by atoms with Crippen LogP contribution in [0.5, 0.6) is 0 Å². The molecule has 6 heteroatoms. The van der Waals surface area contributed by atoms with Gasteiger partial charge in [-0.05, 0) is 62.7 Å². The summed E-state index contributed by atoms with van der Waals surface area (Å²) in [4.78, 5) is 12.6. The van der Waals surface area contributed by atoms with Crippen molar-refractivity contribution >= 4 is 21.6 Å². The third kappa shape index (κ3) is 5.14. The molecular formula is C24H26N2O3S. The van der Waals surface area contributed by atoms with Crippen molar-refractivity contribution in [3.8, 4) is 0 Å². The quantitative estimate of drug-likeness (QED) is 0.592. The number of nitrogens with zero attached hydrogens (tertiary/aromatic N) is 1. The second-order valence-corrected chi connectivity index (χ2v) is 9.36. The van der Waals surface area contributed by atoms with Gasteiger partial charge in [0.15, 0.2) is 0 Å². The van der Waals surface area contributed by atoms with Gasteiger partial charge in [-0.2, -0.15) is 4.31 Å². The van der Waals surface area contributed by atoms with E-state index in [1.54, 1.807) is 0 Å². The summed E-state index contributed by atoms with van der Waals surface area (Å²) in [6.07, 6.45) is 0. The zero-order valence-electron chi connectivity index (χ0n) is 17.4. The molecule has 5 nitrogen and oxygen atoms in total. The van der Waals surface area contributed by atoms with Crippen molar-refractivity contribution in [3.63, 3.8) is 0 Å². The number of amides is 1. The maximum atomic E-state index is 13.2. The Labute approximate surface area is 178 Å². The molecule has 0 aliphatic heterocycles. The Bertz CT molecular complexity index is 1090. The van der Waals surface area contributed by atoms with Gasteiger partial charge in [-0.3, -0.25) is 4.79 Å². The van der Waals surface area contributed by atoms with E-state index in [9.17, 15) is 13.2 Å². The molecule has 3 aromatic rings. The monoisotopic (exact) mass is 422 g/mol. The number of benzene rings is 3. The minimum atomic E-state index is -3.70. The molecule has 3 aromatic carbocycles. The van der Waals surface area contributed by atoms with Gasteiger partial charge >= 0.3 is 0 Å². The Hall–Kier alpha value is -2.96. The second kappa shape index (κ2) is 9.24. The second-order valence-electron chi connectivity index (χ2n) is 7.47. The number of rotatable bonds is 7. The Morgan fingerprint density at radius 3 is 2.07 bits per heavy atom. The number of aryl methyl sites for hydroxylation is 1. The van der Waals surface area contributed by atoms with Crippen LogP contribution < -0.4 is 5.32 Å². The molecule has 156 valence electrons. The molecule has 0 fully saturated rings. The molecule has 3 rings (SSSR count). The average molecular weight is 423 g/mol. The van der Waals surface area contributed by atoms with Crippen molar-refractivity contribution in [1.29, 1.82) is 0 Å². The maximum Gasteiger partial charge on any atom is 0.255 e. The normalized spacial score (nSPS) is 11.6. The summed E-state index contributed by atoms with van der Waals surface area (Å²) in [5, 5.41) is 2.82. The topological polar surface area (TPSA) is 66.5 Å². The lowest BCUT2D eigenvalue weighted by Gasteiger charge is -2.26. The number of anilines is 1. The lowest BCUT2D eigenvalue weighted by atomic mass is 10.2. The largest absolute Gasteiger partial charge is 0.322 e. The first kappa shape index (κ1) is 21.7. The van der Waals surface area contributed by atoms with Crippen molar-refractivity contribution < 1.29 is 13.2 Å². The van der Waals surface area contributed by atoms with Crippen molar-refractivity contribution in [2.45, 2.75) is 38.3 Å². The fourth-order valence-corrected chi connectivity index (χ4v) is 4.69. The molecule has 0 unspecified atom stereocenters. The molecule has 0 heterocycles. The van der Waals surface area contributed by atoms with Gasteiger partial charge in [0.1, 0.15) is 0 Å². The van der Waals surface area contributed by atoms with Gasteiger partial charge in [0.05, 0.1) is 4.90 Å². The molecule has 0 saturated carbocycles. The van der Waals surface area contributed by atoms with Gasteiger partial charge in [-0.15, -0.1) is 0 Å². The van der Waals surface area contributed by atoms with Crippen molar-refractivity contribution in [2.75, 3.05) is 5.32 Å². The molecule has 0 aliphatic rings. The SMILES string of the molecule is Cc1ccc(NC(=O)c2ccc(S(=O)(=O)N(Cc3ccccc3)C(C)C)cc2)cc1. The van der Waals surface area contributed by atoms with Crippen LogP contribution in [-0.4, -0.2) is 24.7 Å². The molecule has 1 amide bonds. The predicted octanol–water partition coefficient (Wildman–Crippen LogP) is 4.85. The number of hydrogen-bond acceptors (Lipinski definition) is 3. The summed E-state index contributed by atoms with van der Waals surface area (Å²) in [7, 11) is -3.70. The fourth-order valence-electron chi connectivity index (χ4n) is 3.06. The van der Waals surface area contributed by atoms with Crippen LogP contribution >= 0.6 is 0 Å². The molecule has 1 N–H and O–H groups in total. The first-order valence-electron chi connectivity index (χ1n) is 9.81. The lowest BCUT2D eigenvalue weighted by Crippen LogP contribution is -2.36. The van der Waals surface area contributed by atoms with Gasteiger partial charge in [-0.25, -0.2) is 8.42 Å². The number of carbonyl (C=O) groups excluding carboxylic acids is 1. The Morgan fingerprint density at radius 1 is 0.900 bits per heavy atom. The van der Waals surface area contributed by atoms with Crippen LogP contribution in [0.1, 0.15) is 35.3 Å². The highest BCUT2D eigenvalue weighted by molar-refractivity contribution is 7.89. The molecule has 30 heavy (non-hydrogen) atoms. The fraction of sp³-hybridized carbons (Fsp3) is 0.208. The van der Waals surface area contributed by atoms with E-state index in [1.165, 1.54) is 28.6 Å². The highest BCUT2D eigenvalue weighted by Gasteiger charge is 2.27. The van der Waals surface area contributed by atoms with Gasteiger partial charge in [0.2, 0.25) is 10.0 Å². The third-order valence-corrected chi connectivity index (χ3v) is 6.83. The summed E-state index contributed by atoms with van der Waals surface area (Å²) >= 11 is 0. The van der Waals surface area contributed by atoms with Crippen molar-refractivity contribution in [2.24, 2.45) is 0 Å². The molecule has 0 radical (unpaired) electrons. The smallest absolute Gasteiger partial charge is 0.255 e. The van der Waals surface area contributed by atoms with Gasteiger partial charge in [0, 0.05) is 23.8 Å². The summed E-state index contributed by atoms with van der Waals surface area (Å²) in [6, 6.07) is 22.8. The Morgan fingerprint density at radius 2 is 1.50 bits per heavy atom. The van der Waals surface area contributed by atoms with Crippen LogP contribution in [0.3, 0.4) is 0 Å². The molecule has 0 atom stereocenters. The van der Waals surface area contributed by atoms with Crippen LogP contribution in [0.15, 0.2) is 83.8 Å². The van der Waals surface area contributed by atoms with E-state index < -0.39 is 10.0 Å². The summed E-state index contributed by atoms with van der Waals surface area (Å²) < 4.78 is 27.9. The molecule has 0 saturated heterocycles. The molecule has 0 aromatic heterocycles. The molecule has 0 bridgehead atoms. The minimum Gasteiger partial charge on any atom is -0.322 e. The van der Waals surface area contributed by atoms with Crippen LogP contribution in [0.25, 0.3) is 0 Å². The highest BCUT2D eigenvalue weighted by Crippen LogP contribution is 2.22. The standard InChI is InChI=1S/C24H26N2O3S/c1-18(2)26(17-20-7-5-4-6-8-20)30(28,29)23-15-11-21(12-16-23)24(27)25-22-13-9-19(3)10-14-22/h4-16,18H,17H2,1-3H3,(H,25,27). The summed E-state index contributed by atoms with van der Waals surface area (Å²) in [5.74, 6) is -0.284. The molecular weight excluding hydrogens is 396 g/mol. The summed E-state index contributed by atoms with van der Waals surface area (Å²) in [5.41, 5.74) is 3.11. The van der Waals surface area contributed by atoms with Crippen LogP contribution in [0.4, 0.5) is 5.69 Å². The van der Waals surface area contributed by atoms with E-state index in [0.29, 0.717) is 11.3 Å². The van der Waals surface area contributed by atoms with Crippen LogP contribution in [0.2, 0.25) is 0 Å². The minimum absolute atomic E-state index is 0.166. The number of nitrogens with one attached hydrogen (secondary N) is 1. The first-order chi connectivity index (χ1) is 14.3. The van der Waals surface area contributed by atoms with E-state index in [-0.39, 0.29) is 23.4 Å². The lowest BCUT2D eigenvalue weighted by molar-refractivity contribution is 0.102. The summed E-state index contributed by atoms with van der Waals surface area (Å²) in [6.45, 7) is 5.97. The van der Waals surface area contributed by atoms with Gasteiger partial charge in [-0.1, -0.05) is 48.0 Å². The maximum absolute atomic E-state index is 13.2. The van der Waals surface area contributed by atoms with Crippen molar-refractivity contribution in [3.05, 3.63) is 95.6 Å². The molecule has 0 spiro atoms. The van der Waals surface area contributed by atoms with E-state index in [4.69, 9.17) is 0 Å². The zero-order valence-corrected chi connectivity index (χ0v) is 18.2. The zero-order chi connectivity index (χ0) is 21.7. The average Bonchev–Trinajstić information content (AvgIpc) is 2.74. The van der Waals surface area contributed by atoms with Crippen molar-refractivity contribution in [1.82, 2.24) is 4.31 Å².